The fourth-order valence-electron chi connectivity index (χ4n) is 1.85. The Morgan fingerprint density at radius 2 is 2.00 bits per heavy atom. The molecular weight excluding hydrogens is 332 g/mol. The maximum Gasteiger partial charge on any atom is 0.337 e. The highest BCUT2D eigenvalue weighted by molar-refractivity contribution is 6.33. The van der Waals surface area contributed by atoms with Crippen molar-refractivity contribution in [1.29, 1.82) is 0 Å². The average molecular weight is 349 g/mol. The number of benzene rings is 1. The van der Waals surface area contributed by atoms with Gasteiger partial charge in [0.2, 0.25) is 0 Å². The summed E-state index contributed by atoms with van der Waals surface area (Å²) in [5.74, 6) is -0.351. The zero-order valence-corrected chi connectivity index (χ0v) is 14.1. The number of carbonyl (C=O) groups excluding carboxylic acids is 2. The SMILES string of the molecule is CCCNC(=O)c1ccc(Nc2cc(C(=O)OC)ccc2Cl)nn1. The smallest absolute Gasteiger partial charge is 0.337 e. The molecule has 2 rings (SSSR count). The Morgan fingerprint density at radius 1 is 1.21 bits per heavy atom. The number of nitrogens with one attached hydrogen (secondary N) is 2. The van der Waals surface area contributed by atoms with Crippen LogP contribution >= 0.6 is 11.6 Å². The lowest BCUT2D eigenvalue weighted by atomic mass is 10.2. The Labute approximate surface area is 144 Å². The Bertz CT molecular complexity index is 735. The summed E-state index contributed by atoms with van der Waals surface area (Å²) < 4.78 is 4.67. The molecule has 0 unspecified atom stereocenters. The molecule has 1 amide bonds. The van der Waals surface area contributed by atoms with Crippen molar-refractivity contribution in [2.24, 2.45) is 0 Å². The van der Waals surface area contributed by atoms with Crippen LogP contribution in [0.1, 0.15) is 34.2 Å². The first-order valence-electron chi connectivity index (χ1n) is 7.32. The number of hydrogen-bond donors (Lipinski definition) is 2. The summed E-state index contributed by atoms with van der Waals surface area (Å²) in [6, 6.07) is 7.85. The van der Waals surface area contributed by atoms with Gasteiger partial charge in [-0.1, -0.05) is 18.5 Å². The number of aromatic nitrogens is 2. The van der Waals surface area contributed by atoms with Crippen molar-refractivity contribution in [3.8, 4) is 0 Å². The number of halogens is 1. The third kappa shape index (κ3) is 4.42. The summed E-state index contributed by atoms with van der Waals surface area (Å²) in [7, 11) is 1.30. The number of ether oxygens (including phenoxy) is 1. The molecule has 0 atom stereocenters. The predicted molar refractivity (Wildman–Crippen MR) is 90.7 cm³/mol. The van der Waals surface area contributed by atoms with Crippen LogP contribution in [0.4, 0.5) is 11.5 Å². The molecule has 1 aromatic heterocycles. The van der Waals surface area contributed by atoms with E-state index in [0.717, 1.165) is 6.42 Å². The van der Waals surface area contributed by atoms with Crippen LogP contribution in [0.3, 0.4) is 0 Å². The first-order chi connectivity index (χ1) is 11.5. The Hall–Kier alpha value is -2.67. The second-order valence-electron chi connectivity index (χ2n) is 4.87. The summed E-state index contributed by atoms with van der Waals surface area (Å²) in [5, 5.41) is 13.9. The normalized spacial score (nSPS) is 10.1. The zero-order valence-electron chi connectivity index (χ0n) is 13.3. The van der Waals surface area contributed by atoms with E-state index in [1.165, 1.54) is 7.11 Å². The minimum atomic E-state index is -0.469. The van der Waals surface area contributed by atoms with E-state index in [1.54, 1.807) is 30.3 Å². The average Bonchev–Trinajstić information content (AvgIpc) is 2.61. The molecule has 126 valence electrons. The van der Waals surface area contributed by atoms with Crippen molar-refractivity contribution in [1.82, 2.24) is 15.5 Å². The minimum Gasteiger partial charge on any atom is -0.465 e. The highest BCUT2D eigenvalue weighted by atomic mass is 35.5. The third-order valence-electron chi connectivity index (χ3n) is 3.08. The molecule has 0 fully saturated rings. The molecule has 24 heavy (non-hydrogen) atoms. The van der Waals surface area contributed by atoms with E-state index in [1.807, 2.05) is 6.92 Å². The van der Waals surface area contributed by atoms with Gasteiger partial charge in [-0.05, 0) is 36.8 Å². The number of nitrogens with zero attached hydrogens (tertiary/aromatic N) is 2. The number of rotatable bonds is 6. The fourth-order valence-corrected chi connectivity index (χ4v) is 2.02. The van der Waals surface area contributed by atoms with Gasteiger partial charge in [0, 0.05) is 6.54 Å². The zero-order chi connectivity index (χ0) is 17.5. The van der Waals surface area contributed by atoms with Crippen molar-refractivity contribution in [2.75, 3.05) is 19.0 Å². The van der Waals surface area contributed by atoms with Gasteiger partial charge < -0.3 is 15.4 Å². The lowest BCUT2D eigenvalue weighted by molar-refractivity contribution is 0.0600. The van der Waals surface area contributed by atoms with Crippen LogP contribution in [0.2, 0.25) is 5.02 Å². The largest absolute Gasteiger partial charge is 0.465 e. The molecule has 1 heterocycles. The molecule has 0 saturated heterocycles. The predicted octanol–water partition coefficient (Wildman–Crippen LogP) is 2.80. The second-order valence-corrected chi connectivity index (χ2v) is 5.28. The van der Waals surface area contributed by atoms with Crippen molar-refractivity contribution in [3.63, 3.8) is 0 Å². The van der Waals surface area contributed by atoms with Crippen molar-refractivity contribution < 1.29 is 14.3 Å². The molecule has 8 heteroatoms. The van der Waals surface area contributed by atoms with Crippen LogP contribution in [0.25, 0.3) is 0 Å². The molecule has 0 spiro atoms. The van der Waals surface area contributed by atoms with Crippen LogP contribution in [0.15, 0.2) is 30.3 Å². The van der Waals surface area contributed by atoms with Crippen LogP contribution in [-0.2, 0) is 4.74 Å². The fraction of sp³-hybridized carbons (Fsp3) is 0.250. The Kier molecular flexibility index (Phi) is 6.08. The molecule has 2 N–H and O–H groups in total. The molecule has 0 bridgehead atoms. The van der Waals surface area contributed by atoms with E-state index in [-0.39, 0.29) is 11.6 Å². The second kappa shape index (κ2) is 8.26. The number of hydrogen-bond acceptors (Lipinski definition) is 6. The highest BCUT2D eigenvalue weighted by Crippen LogP contribution is 2.26. The van der Waals surface area contributed by atoms with Gasteiger partial charge in [0.05, 0.1) is 23.4 Å². The Balaban J connectivity index is 2.14. The molecule has 0 aliphatic rings. The highest BCUT2D eigenvalue weighted by Gasteiger charge is 2.11. The van der Waals surface area contributed by atoms with Crippen LogP contribution in [0, 0.1) is 0 Å². The summed E-state index contributed by atoms with van der Waals surface area (Å²) in [6.45, 7) is 2.54. The summed E-state index contributed by atoms with van der Waals surface area (Å²) in [4.78, 5) is 23.3. The summed E-state index contributed by atoms with van der Waals surface area (Å²) in [6.07, 6.45) is 0.841. The molecule has 0 saturated carbocycles. The number of amides is 1. The summed E-state index contributed by atoms with van der Waals surface area (Å²) >= 11 is 6.11. The molecule has 0 aliphatic heterocycles. The number of anilines is 2. The Morgan fingerprint density at radius 3 is 2.62 bits per heavy atom. The van der Waals surface area contributed by atoms with Gasteiger partial charge in [0.1, 0.15) is 0 Å². The van der Waals surface area contributed by atoms with E-state index in [2.05, 4.69) is 25.6 Å². The van der Waals surface area contributed by atoms with E-state index in [4.69, 9.17) is 11.6 Å². The molecule has 7 nitrogen and oxygen atoms in total. The van der Waals surface area contributed by atoms with E-state index < -0.39 is 5.97 Å². The number of methoxy groups -OCH3 is 1. The topological polar surface area (TPSA) is 93.2 Å². The maximum absolute atomic E-state index is 11.8. The van der Waals surface area contributed by atoms with Crippen molar-refractivity contribution in [3.05, 3.63) is 46.6 Å². The summed E-state index contributed by atoms with van der Waals surface area (Å²) in [5.41, 5.74) is 1.06. The minimum absolute atomic E-state index is 0.225. The molecule has 0 radical (unpaired) electrons. The van der Waals surface area contributed by atoms with Gasteiger partial charge in [0.25, 0.3) is 5.91 Å². The lowest BCUT2D eigenvalue weighted by Crippen LogP contribution is -2.25. The monoisotopic (exact) mass is 348 g/mol. The standard InChI is InChI=1S/C16H17ClN4O3/c1-3-8-18-15(22)12-6-7-14(21-20-12)19-13-9-10(16(23)24-2)4-5-11(13)17/h4-7,9H,3,8H2,1-2H3,(H,18,22)(H,19,21). The lowest BCUT2D eigenvalue weighted by Gasteiger charge is -2.09. The third-order valence-corrected chi connectivity index (χ3v) is 3.41. The molecule has 1 aromatic carbocycles. The van der Waals surface area contributed by atoms with Gasteiger partial charge in [-0.15, -0.1) is 10.2 Å². The van der Waals surface area contributed by atoms with Crippen LogP contribution in [-0.4, -0.2) is 35.7 Å². The molecule has 2 aromatic rings. The van der Waals surface area contributed by atoms with Gasteiger partial charge in [0.15, 0.2) is 11.5 Å². The van der Waals surface area contributed by atoms with Crippen molar-refractivity contribution >= 4 is 35.0 Å². The van der Waals surface area contributed by atoms with Gasteiger partial charge >= 0.3 is 5.97 Å². The van der Waals surface area contributed by atoms with Gasteiger partial charge in [-0.25, -0.2) is 4.79 Å². The number of carbonyl (C=O) groups is 2. The molecule has 0 aliphatic carbocycles. The van der Waals surface area contributed by atoms with Gasteiger partial charge in [-0.2, -0.15) is 0 Å². The van der Waals surface area contributed by atoms with E-state index in [9.17, 15) is 9.59 Å². The maximum atomic E-state index is 11.8. The van der Waals surface area contributed by atoms with E-state index in [0.29, 0.717) is 28.6 Å². The van der Waals surface area contributed by atoms with E-state index >= 15 is 0 Å². The van der Waals surface area contributed by atoms with Gasteiger partial charge in [-0.3, -0.25) is 4.79 Å². The van der Waals surface area contributed by atoms with Crippen LogP contribution in [0.5, 0.6) is 0 Å². The molecular formula is C16H17ClN4O3. The quantitative estimate of drug-likeness (QED) is 0.780. The first-order valence-corrected chi connectivity index (χ1v) is 7.69. The van der Waals surface area contributed by atoms with Crippen molar-refractivity contribution in [2.45, 2.75) is 13.3 Å². The first kappa shape index (κ1) is 17.7. The van der Waals surface area contributed by atoms with Crippen LogP contribution < -0.4 is 10.6 Å². The number of esters is 1.